The highest BCUT2D eigenvalue weighted by Crippen LogP contribution is 2.13. The molecule has 0 radical (unpaired) electrons. The quantitative estimate of drug-likeness (QED) is 0.558. The van der Waals surface area contributed by atoms with Gasteiger partial charge in [0, 0.05) is 24.1 Å². The van der Waals surface area contributed by atoms with Crippen molar-refractivity contribution in [3.8, 4) is 0 Å². The van der Waals surface area contributed by atoms with Crippen molar-refractivity contribution in [1.82, 2.24) is 9.88 Å². The van der Waals surface area contributed by atoms with Crippen LogP contribution in [-0.4, -0.2) is 56.1 Å². The number of aromatic nitrogens is 1. The number of hydrogen-bond acceptors (Lipinski definition) is 6. The summed E-state index contributed by atoms with van der Waals surface area (Å²) in [5, 5.41) is 6.05. The maximum absolute atomic E-state index is 12.4. The van der Waals surface area contributed by atoms with Crippen LogP contribution in [0.15, 0.2) is 42.6 Å². The van der Waals surface area contributed by atoms with Gasteiger partial charge in [-0.25, -0.2) is 4.79 Å². The van der Waals surface area contributed by atoms with Crippen molar-refractivity contribution in [3.63, 3.8) is 0 Å². The van der Waals surface area contributed by atoms with E-state index >= 15 is 0 Å². The van der Waals surface area contributed by atoms with Gasteiger partial charge in [0.2, 0.25) is 0 Å². The van der Waals surface area contributed by atoms with Gasteiger partial charge in [-0.2, -0.15) is 0 Å². The Morgan fingerprint density at radius 2 is 1.85 bits per heavy atom. The molecule has 7 heteroatoms. The molecule has 1 aromatic carbocycles. The van der Waals surface area contributed by atoms with Gasteiger partial charge in [0.25, 0.3) is 5.91 Å². The van der Waals surface area contributed by atoms with Crippen LogP contribution in [0, 0.1) is 0 Å². The number of methoxy groups -OCH3 is 1. The second-order valence-electron chi connectivity index (χ2n) is 6.04. The summed E-state index contributed by atoms with van der Waals surface area (Å²) >= 11 is 0. The summed E-state index contributed by atoms with van der Waals surface area (Å²) in [5.41, 5.74) is 2.17. The van der Waals surface area contributed by atoms with Gasteiger partial charge >= 0.3 is 5.97 Å². The van der Waals surface area contributed by atoms with Crippen molar-refractivity contribution in [2.24, 2.45) is 0 Å². The molecule has 0 fully saturated rings. The van der Waals surface area contributed by atoms with E-state index in [2.05, 4.69) is 25.3 Å². The third kappa shape index (κ3) is 5.86. The minimum absolute atomic E-state index is 0.312. The number of esters is 1. The van der Waals surface area contributed by atoms with E-state index in [-0.39, 0.29) is 5.91 Å². The molecule has 0 aliphatic rings. The molecular formula is C19H24N4O3. The standard InChI is InChI=1S/C19H24N4O3/c1-23(2)12-4-10-20-16-9-11-21-17(13-16)18(24)22-15-7-5-14(6-8-15)19(25)26-3/h5-9,11,13H,4,10,12H2,1-3H3,(H,20,21)(H,22,24). The van der Waals surface area contributed by atoms with E-state index in [1.165, 1.54) is 7.11 Å². The first kappa shape index (κ1) is 19.4. The lowest BCUT2D eigenvalue weighted by atomic mass is 10.2. The van der Waals surface area contributed by atoms with Crippen molar-refractivity contribution >= 4 is 23.3 Å². The monoisotopic (exact) mass is 356 g/mol. The number of carbonyl (C=O) groups excluding carboxylic acids is 2. The minimum atomic E-state index is -0.419. The minimum Gasteiger partial charge on any atom is -0.465 e. The number of benzene rings is 1. The molecule has 1 aromatic heterocycles. The van der Waals surface area contributed by atoms with Gasteiger partial charge in [0.1, 0.15) is 5.69 Å². The van der Waals surface area contributed by atoms with Crippen molar-refractivity contribution in [2.75, 3.05) is 44.9 Å². The smallest absolute Gasteiger partial charge is 0.337 e. The van der Waals surface area contributed by atoms with Crippen LogP contribution in [0.1, 0.15) is 27.3 Å². The lowest BCUT2D eigenvalue weighted by Gasteiger charge is -2.11. The lowest BCUT2D eigenvalue weighted by Crippen LogP contribution is -2.17. The fourth-order valence-corrected chi connectivity index (χ4v) is 2.30. The molecule has 0 spiro atoms. The Bertz CT molecular complexity index is 745. The molecule has 0 unspecified atom stereocenters. The maximum Gasteiger partial charge on any atom is 0.337 e. The molecule has 0 bridgehead atoms. The fraction of sp³-hybridized carbons (Fsp3) is 0.316. The molecule has 7 nitrogen and oxygen atoms in total. The van der Waals surface area contributed by atoms with Gasteiger partial charge in [-0.3, -0.25) is 9.78 Å². The van der Waals surface area contributed by atoms with E-state index in [0.717, 1.165) is 25.2 Å². The number of anilines is 2. The summed E-state index contributed by atoms with van der Waals surface area (Å²) in [6.45, 7) is 1.81. The largest absolute Gasteiger partial charge is 0.465 e. The zero-order valence-corrected chi connectivity index (χ0v) is 15.3. The molecule has 0 saturated heterocycles. The number of nitrogens with zero attached hydrogens (tertiary/aromatic N) is 2. The molecule has 1 amide bonds. The Morgan fingerprint density at radius 3 is 2.50 bits per heavy atom. The van der Waals surface area contributed by atoms with Crippen molar-refractivity contribution in [2.45, 2.75) is 6.42 Å². The maximum atomic E-state index is 12.4. The van der Waals surface area contributed by atoms with E-state index in [9.17, 15) is 9.59 Å². The number of carbonyl (C=O) groups is 2. The van der Waals surface area contributed by atoms with E-state index in [0.29, 0.717) is 16.9 Å². The molecule has 2 N–H and O–H groups in total. The summed E-state index contributed by atoms with van der Waals surface area (Å²) in [6.07, 6.45) is 2.60. The van der Waals surface area contributed by atoms with E-state index < -0.39 is 5.97 Å². The van der Waals surface area contributed by atoms with Gasteiger partial charge in [0.15, 0.2) is 0 Å². The van der Waals surface area contributed by atoms with Gasteiger partial charge < -0.3 is 20.3 Å². The van der Waals surface area contributed by atoms with Crippen molar-refractivity contribution in [1.29, 1.82) is 0 Å². The van der Waals surface area contributed by atoms with Crippen LogP contribution in [0.5, 0.6) is 0 Å². The average molecular weight is 356 g/mol. The first-order chi connectivity index (χ1) is 12.5. The van der Waals surface area contributed by atoms with Crippen molar-refractivity contribution in [3.05, 3.63) is 53.9 Å². The molecule has 0 aliphatic carbocycles. The average Bonchev–Trinajstić information content (AvgIpc) is 2.65. The highest BCUT2D eigenvalue weighted by molar-refractivity contribution is 6.03. The molecule has 1 heterocycles. The molecule has 2 rings (SSSR count). The predicted octanol–water partition coefficient (Wildman–Crippen LogP) is 2.48. The van der Waals surface area contributed by atoms with E-state index in [1.54, 1.807) is 36.5 Å². The zero-order chi connectivity index (χ0) is 18.9. The van der Waals surface area contributed by atoms with Crippen molar-refractivity contribution < 1.29 is 14.3 Å². The number of hydrogen-bond donors (Lipinski definition) is 2. The molecule has 0 atom stereocenters. The molecule has 138 valence electrons. The summed E-state index contributed by atoms with van der Waals surface area (Å²) in [6, 6.07) is 10.0. The first-order valence-corrected chi connectivity index (χ1v) is 8.34. The van der Waals surface area contributed by atoms with E-state index in [1.807, 2.05) is 20.2 Å². The van der Waals surface area contributed by atoms with Gasteiger partial charge in [-0.1, -0.05) is 0 Å². The van der Waals surface area contributed by atoms with Crippen LogP contribution in [0.2, 0.25) is 0 Å². The first-order valence-electron chi connectivity index (χ1n) is 8.34. The molecule has 0 aliphatic heterocycles. The number of ether oxygens (including phenoxy) is 1. The number of rotatable bonds is 8. The number of nitrogens with one attached hydrogen (secondary N) is 2. The third-order valence-electron chi connectivity index (χ3n) is 3.67. The number of amides is 1. The van der Waals surface area contributed by atoms with Gasteiger partial charge in [-0.15, -0.1) is 0 Å². The third-order valence-corrected chi connectivity index (χ3v) is 3.67. The van der Waals surface area contributed by atoms with Crippen LogP contribution in [0.25, 0.3) is 0 Å². The highest BCUT2D eigenvalue weighted by atomic mass is 16.5. The highest BCUT2D eigenvalue weighted by Gasteiger charge is 2.10. The second-order valence-corrected chi connectivity index (χ2v) is 6.04. The normalized spacial score (nSPS) is 10.5. The number of pyridine rings is 1. The Kier molecular flexibility index (Phi) is 7.11. The zero-order valence-electron chi connectivity index (χ0n) is 15.3. The van der Waals surface area contributed by atoms with Crippen LogP contribution in [0.3, 0.4) is 0 Å². The van der Waals surface area contributed by atoms with Crippen LogP contribution in [0.4, 0.5) is 11.4 Å². The van der Waals surface area contributed by atoms with Crippen LogP contribution >= 0.6 is 0 Å². The molecule has 0 saturated carbocycles. The summed E-state index contributed by atoms with van der Waals surface area (Å²) in [5.74, 6) is -0.731. The summed E-state index contributed by atoms with van der Waals surface area (Å²) in [7, 11) is 5.39. The summed E-state index contributed by atoms with van der Waals surface area (Å²) < 4.78 is 4.65. The second kappa shape index (κ2) is 9.53. The Morgan fingerprint density at radius 1 is 1.12 bits per heavy atom. The molecular weight excluding hydrogens is 332 g/mol. The molecule has 26 heavy (non-hydrogen) atoms. The lowest BCUT2D eigenvalue weighted by molar-refractivity contribution is 0.0600. The SMILES string of the molecule is COC(=O)c1ccc(NC(=O)c2cc(NCCCN(C)C)ccn2)cc1. The predicted molar refractivity (Wildman–Crippen MR) is 102 cm³/mol. The van der Waals surface area contributed by atoms with Crippen LogP contribution < -0.4 is 10.6 Å². The Labute approximate surface area is 153 Å². The fourth-order valence-electron chi connectivity index (χ4n) is 2.30. The van der Waals surface area contributed by atoms with Gasteiger partial charge in [-0.05, 0) is 63.5 Å². The molecule has 2 aromatic rings. The Balaban J connectivity index is 1.94. The van der Waals surface area contributed by atoms with Gasteiger partial charge in [0.05, 0.1) is 12.7 Å². The summed E-state index contributed by atoms with van der Waals surface area (Å²) in [4.78, 5) is 30.0. The van der Waals surface area contributed by atoms with E-state index in [4.69, 9.17) is 0 Å². The Hall–Kier alpha value is -2.93. The topological polar surface area (TPSA) is 83.6 Å². The van der Waals surface area contributed by atoms with Crippen LogP contribution in [-0.2, 0) is 4.74 Å².